The van der Waals surface area contributed by atoms with Crippen LogP contribution in [-0.4, -0.2) is 18.0 Å². The summed E-state index contributed by atoms with van der Waals surface area (Å²) in [5.74, 6) is 0.808. The summed E-state index contributed by atoms with van der Waals surface area (Å²) in [5, 5.41) is 10.3. The number of rotatable bonds is 3. The van der Waals surface area contributed by atoms with Crippen LogP contribution < -0.4 is 4.74 Å². The van der Waals surface area contributed by atoms with Crippen LogP contribution in [-0.2, 0) is 4.79 Å². The van der Waals surface area contributed by atoms with Crippen molar-refractivity contribution in [2.75, 3.05) is 7.11 Å². The van der Waals surface area contributed by atoms with E-state index in [1.54, 1.807) is 31.4 Å². The van der Waals surface area contributed by atoms with Crippen molar-refractivity contribution >= 4 is 5.78 Å². The lowest BCUT2D eigenvalue weighted by molar-refractivity contribution is -0.116. The molecule has 2 rings (SSSR count). The maximum absolute atomic E-state index is 11.9. The molecule has 0 fully saturated rings. The third-order valence-corrected chi connectivity index (χ3v) is 3.27. The molecule has 1 N–H and O–H groups in total. The first-order chi connectivity index (χ1) is 8.72. The molecule has 0 aromatic heterocycles. The van der Waals surface area contributed by atoms with Crippen molar-refractivity contribution in [1.29, 1.82) is 0 Å². The fourth-order valence-corrected chi connectivity index (χ4v) is 2.18. The minimum absolute atomic E-state index is 0.0656. The predicted octanol–water partition coefficient (Wildman–Crippen LogP) is 2.80. The van der Waals surface area contributed by atoms with Crippen LogP contribution in [0.2, 0.25) is 0 Å². The molecule has 1 aliphatic rings. The van der Waals surface area contributed by atoms with Crippen LogP contribution >= 0.6 is 0 Å². The van der Waals surface area contributed by atoms with Gasteiger partial charge in [-0.25, -0.2) is 0 Å². The van der Waals surface area contributed by atoms with Crippen LogP contribution in [0.1, 0.15) is 37.4 Å². The number of Topliss-reactive ketones (excluding diaryl/α,β-unsaturated/α-hetero) is 1. The average Bonchev–Trinajstić information content (AvgIpc) is 2.63. The Bertz CT molecular complexity index is 445. The molecule has 0 heterocycles. The van der Waals surface area contributed by atoms with Gasteiger partial charge in [0.1, 0.15) is 11.9 Å². The van der Waals surface area contributed by atoms with Crippen molar-refractivity contribution in [3.63, 3.8) is 0 Å². The number of ether oxygens (including phenoxy) is 1. The third-order valence-electron chi connectivity index (χ3n) is 3.27. The molecular weight excluding hydrogens is 228 g/mol. The normalized spacial score (nSPS) is 17.9. The van der Waals surface area contributed by atoms with Crippen LogP contribution in [0.15, 0.2) is 35.9 Å². The van der Waals surface area contributed by atoms with Crippen molar-refractivity contribution in [3.05, 3.63) is 41.5 Å². The van der Waals surface area contributed by atoms with E-state index in [2.05, 4.69) is 0 Å². The molecule has 1 aromatic rings. The monoisotopic (exact) mass is 246 g/mol. The van der Waals surface area contributed by atoms with E-state index in [1.807, 2.05) is 6.08 Å². The van der Waals surface area contributed by atoms with Gasteiger partial charge in [0, 0.05) is 12.0 Å². The van der Waals surface area contributed by atoms with Gasteiger partial charge in [0.15, 0.2) is 5.78 Å². The van der Waals surface area contributed by atoms with Crippen molar-refractivity contribution in [1.82, 2.24) is 0 Å². The Hall–Kier alpha value is -1.61. The van der Waals surface area contributed by atoms with Crippen molar-refractivity contribution in [2.45, 2.75) is 31.8 Å². The number of aliphatic hydroxyl groups excluding tert-OH is 1. The van der Waals surface area contributed by atoms with E-state index in [0.717, 1.165) is 30.6 Å². The van der Waals surface area contributed by atoms with E-state index >= 15 is 0 Å². The zero-order valence-corrected chi connectivity index (χ0v) is 10.6. The van der Waals surface area contributed by atoms with Gasteiger partial charge in [-0.2, -0.15) is 0 Å². The van der Waals surface area contributed by atoms with Crippen molar-refractivity contribution < 1.29 is 14.6 Å². The molecule has 3 heteroatoms. The molecular formula is C15H18O3. The highest BCUT2D eigenvalue weighted by molar-refractivity contribution is 5.96. The molecule has 1 atom stereocenters. The quantitative estimate of drug-likeness (QED) is 0.892. The van der Waals surface area contributed by atoms with Gasteiger partial charge in [0.2, 0.25) is 0 Å². The second-order valence-electron chi connectivity index (χ2n) is 4.50. The zero-order valence-electron chi connectivity index (χ0n) is 10.6. The van der Waals surface area contributed by atoms with Gasteiger partial charge in [-0.05, 0) is 37.0 Å². The second kappa shape index (κ2) is 5.83. The lowest BCUT2D eigenvalue weighted by atomic mass is 9.97. The summed E-state index contributed by atoms with van der Waals surface area (Å²) in [6, 6.07) is 7.17. The van der Waals surface area contributed by atoms with Crippen LogP contribution in [0, 0.1) is 0 Å². The number of benzene rings is 1. The van der Waals surface area contributed by atoms with Gasteiger partial charge in [-0.3, -0.25) is 4.79 Å². The van der Waals surface area contributed by atoms with Crippen LogP contribution in [0.5, 0.6) is 5.75 Å². The Labute approximate surface area is 107 Å². The van der Waals surface area contributed by atoms with Gasteiger partial charge in [0.25, 0.3) is 0 Å². The number of methoxy groups -OCH3 is 1. The third kappa shape index (κ3) is 2.79. The minimum atomic E-state index is -0.818. The first-order valence-electron chi connectivity index (χ1n) is 6.27. The van der Waals surface area contributed by atoms with E-state index in [0.29, 0.717) is 12.0 Å². The molecule has 0 amide bonds. The molecule has 1 aromatic carbocycles. The van der Waals surface area contributed by atoms with E-state index in [-0.39, 0.29) is 5.78 Å². The second-order valence-corrected chi connectivity index (χ2v) is 4.50. The Morgan fingerprint density at radius 2 is 1.94 bits per heavy atom. The lowest BCUT2D eigenvalue weighted by Gasteiger charge is -2.14. The molecule has 0 aliphatic heterocycles. The lowest BCUT2D eigenvalue weighted by Crippen LogP contribution is -2.10. The van der Waals surface area contributed by atoms with Gasteiger partial charge < -0.3 is 9.84 Å². The first kappa shape index (κ1) is 12.8. The fraction of sp³-hybridized carbons (Fsp3) is 0.400. The number of carbonyl (C=O) groups is 1. The molecule has 0 bridgehead atoms. The number of carbonyl (C=O) groups excluding carboxylic acids is 1. The first-order valence-corrected chi connectivity index (χ1v) is 6.27. The number of hydrogen-bond acceptors (Lipinski definition) is 3. The number of aliphatic hydroxyl groups is 1. The predicted molar refractivity (Wildman–Crippen MR) is 69.5 cm³/mol. The molecule has 0 spiro atoms. The van der Waals surface area contributed by atoms with Crippen LogP contribution in [0.4, 0.5) is 0 Å². The van der Waals surface area contributed by atoms with Crippen molar-refractivity contribution in [2.24, 2.45) is 0 Å². The summed E-state index contributed by atoms with van der Waals surface area (Å²) >= 11 is 0. The molecule has 3 nitrogen and oxygen atoms in total. The molecule has 1 unspecified atom stereocenters. The molecule has 0 saturated heterocycles. The summed E-state index contributed by atoms with van der Waals surface area (Å²) in [7, 11) is 1.60. The van der Waals surface area contributed by atoms with E-state index < -0.39 is 6.10 Å². The molecule has 0 radical (unpaired) electrons. The summed E-state index contributed by atoms with van der Waals surface area (Å²) in [6.45, 7) is 0. The van der Waals surface area contributed by atoms with E-state index in [9.17, 15) is 9.90 Å². The SMILES string of the molecule is COc1ccc(C(O)C2=CCCCCC2=O)cc1. The Morgan fingerprint density at radius 1 is 1.22 bits per heavy atom. The maximum atomic E-state index is 11.9. The molecule has 1 aliphatic carbocycles. The Balaban J connectivity index is 2.20. The summed E-state index contributed by atoms with van der Waals surface area (Å²) in [4.78, 5) is 11.9. The van der Waals surface area contributed by atoms with Gasteiger partial charge in [-0.15, -0.1) is 0 Å². The summed E-state index contributed by atoms with van der Waals surface area (Å²) in [6.07, 6.45) is 4.40. The standard InChI is InChI=1S/C15H18O3/c1-18-12-9-7-11(8-10-12)15(17)13-5-3-2-4-6-14(13)16/h5,7-10,15,17H,2-4,6H2,1H3. The highest BCUT2D eigenvalue weighted by Crippen LogP contribution is 2.28. The summed E-state index contributed by atoms with van der Waals surface area (Å²) < 4.78 is 5.07. The highest BCUT2D eigenvalue weighted by Gasteiger charge is 2.21. The molecule has 18 heavy (non-hydrogen) atoms. The Morgan fingerprint density at radius 3 is 2.61 bits per heavy atom. The fourth-order valence-electron chi connectivity index (χ4n) is 2.18. The minimum Gasteiger partial charge on any atom is -0.497 e. The van der Waals surface area contributed by atoms with Gasteiger partial charge in [-0.1, -0.05) is 18.2 Å². The van der Waals surface area contributed by atoms with Crippen LogP contribution in [0.25, 0.3) is 0 Å². The topological polar surface area (TPSA) is 46.5 Å². The molecule has 96 valence electrons. The zero-order chi connectivity index (χ0) is 13.0. The number of ketones is 1. The highest BCUT2D eigenvalue weighted by atomic mass is 16.5. The van der Waals surface area contributed by atoms with Crippen molar-refractivity contribution in [3.8, 4) is 5.75 Å². The summed E-state index contributed by atoms with van der Waals surface area (Å²) in [5.41, 5.74) is 1.27. The number of allylic oxidation sites excluding steroid dienone is 1. The van der Waals surface area contributed by atoms with E-state index in [4.69, 9.17) is 4.74 Å². The number of hydrogen-bond donors (Lipinski definition) is 1. The molecule has 0 saturated carbocycles. The van der Waals surface area contributed by atoms with E-state index in [1.165, 1.54) is 0 Å². The van der Waals surface area contributed by atoms with Gasteiger partial charge >= 0.3 is 0 Å². The average molecular weight is 246 g/mol. The maximum Gasteiger partial charge on any atom is 0.161 e. The largest absolute Gasteiger partial charge is 0.497 e. The smallest absolute Gasteiger partial charge is 0.161 e. The Kier molecular flexibility index (Phi) is 4.15. The van der Waals surface area contributed by atoms with Gasteiger partial charge in [0.05, 0.1) is 7.11 Å². The van der Waals surface area contributed by atoms with Crippen LogP contribution in [0.3, 0.4) is 0 Å².